The van der Waals surface area contributed by atoms with Crippen molar-refractivity contribution in [3.8, 4) is 0 Å². The number of ether oxygens (including phenoxy) is 2. The summed E-state index contributed by atoms with van der Waals surface area (Å²) in [6.45, 7) is 6.02. The predicted octanol–water partition coefficient (Wildman–Crippen LogP) is 0.724. The van der Waals surface area contributed by atoms with Gasteiger partial charge in [-0.25, -0.2) is 0 Å². The number of aliphatic hydroxyl groups is 2. The Balaban J connectivity index is 1.93. The number of rotatable bonds is 5. The summed E-state index contributed by atoms with van der Waals surface area (Å²) in [4.78, 5) is 49.2. The van der Waals surface area contributed by atoms with Crippen LogP contribution in [0.3, 0.4) is 0 Å². The molecule has 0 radical (unpaired) electrons. The van der Waals surface area contributed by atoms with Gasteiger partial charge in [-0.05, 0) is 25.2 Å². The molecular formula is C22H28O8. The van der Waals surface area contributed by atoms with E-state index in [1.807, 2.05) is 13.8 Å². The Kier molecular flexibility index (Phi) is 4.74. The lowest BCUT2D eigenvalue weighted by atomic mass is 9.46. The van der Waals surface area contributed by atoms with Crippen molar-refractivity contribution < 1.29 is 38.9 Å². The van der Waals surface area contributed by atoms with Gasteiger partial charge in [0.1, 0.15) is 6.10 Å². The van der Waals surface area contributed by atoms with Crippen molar-refractivity contribution in [2.45, 2.75) is 64.8 Å². The minimum Gasteiger partial charge on any atom is -0.467 e. The van der Waals surface area contributed by atoms with E-state index in [0.717, 1.165) is 0 Å². The lowest BCUT2D eigenvalue weighted by molar-refractivity contribution is -0.172. The van der Waals surface area contributed by atoms with Gasteiger partial charge >= 0.3 is 0 Å². The molecule has 8 heteroatoms. The number of carbonyl (C=O) groups is 4. The van der Waals surface area contributed by atoms with Crippen LogP contribution in [0.4, 0.5) is 0 Å². The fourth-order valence-corrected chi connectivity index (χ4v) is 6.95. The van der Waals surface area contributed by atoms with Gasteiger partial charge < -0.3 is 19.7 Å². The Morgan fingerprint density at radius 1 is 1.13 bits per heavy atom. The molecule has 0 amide bonds. The van der Waals surface area contributed by atoms with Crippen molar-refractivity contribution in [1.29, 1.82) is 0 Å². The zero-order chi connectivity index (χ0) is 22.1. The van der Waals surface area contributed by atoms with Gasteiger partial charge in [-0.2, -0.15) is 0 Å². The summed E-state index contributed by atoms with van der Waals surface area (Å²) < 4.78 is 10.3. The maximum atomic E-state index is 13.5. The van der Waals surface area contributed by atoms with E-state index < -0.39 is 52.0 Å². The van der Waals surface area contributed by atoms with Crippen LogP contribution in [0.5, 0.6) is 0 Å². The fraction of sp³-hybridized carbons (Fsp3) is 0.727. The molecule has 2 N–H and O–H groups in total. The first-order valence-electron chi connectivity index (χ1n) is 10.4. The molecule has 4 rings (SSSR count). The standard InChI is InChI=1S/C22H28O8/c1-11-7-22(11)18(27)12-13(14(25)19(22)28)21(3)6-4-5-20(2,8-29-9-23)17(21)15(26)16(12)30-10-24/h9-11,15-17,19,26,28H,4-8H2,1-3H3. The first kappa shape index (κ1) is 21.2. The second kappa shape index (κ2) is 6.72. The van der Waals surface area contributed by atoms with E-state index in [0.29, 0.717) is 32.2 Å². The lowest BCUT2D eigenvalue weighted by Crippen LogP contribution is -2.64. The summed E-state index contributed by atoms with van der Waals surface area (Å²) >= 11 is 0. The number of hydrogen-bond acceptors (Lipinski definition) is 8. The molecule has 0 aromatic rings. The number of Topliss-reactive ketones (excluding diaryl/α,β-unsaturated/α-hetero) is 2. The van der Waals surface area contributed by atoms with Crippen LogP contribution in [0.2, 0.25) is 0 Å². The molecule has 0 aromatic carbocycles. The van der Waals surface area contributed by atoms with E-state index in [1.54, 1.807) is 6.92 Å². The zero-order valence-electron chi connectivity index (χ0n) is 17.4. The third-order valence-electron chi connectivity index (χ3n) is 8.35. The Morgan fingerprint density at radius 3 is 2.37 bits per heavy atom. The van der Waals surface area contributed by atoms with E-state index in [1.165, 1.54) is 0 Å². The SMILES string of the molecule is CC1CC12C(=O)C1=C(C(=O)C2O)C2(C)CCCC(C)(COC=O)C2C(O)C1OC=O. The first-order valence-corrected chi connectivity index (χ1v) is 10.4. The highest BCUT2D eigenvalue weighted by atomic mass is 16.5. The normalized spacial score (nSPS) is 47.4. The van der Waals surface area contributed by atoms with Gasteiger partial charge in [-0.3, -0.25) is 19.2 Å². The Bertz CT molecular complexity index is 848. The first-order chi connectivity index (χ1) is 14.1. The Hall–Kier alpha value is -2.06. The third-order valence-corrected chi connectivity index (χ3v) is 8.35. The van der Waals surface area contributed by atoms with Crippen molar-refractivity contribution >= 4 is 24.5 Å². The summed E-state index contributed by atoms with van der Waals surface area (Å²) in [5.74, 6) is -1.71. The van der Waals surface area contributed by atoms with Crippen LogP contribution in [0, 0.1) is 28.1 Å². The van der Waals surface area contributed by atoms with Crippen LogP contribution >= 0.6 is 0 Å². The molecule has 4 aliphatic rings. The van der Waals surface area contributed by atoms with Crippen LogP contribution in [-0.4, -0.2) is 59.6 Å². The predicted molar refractivity (Wildman–Crippen MR) is 102 cm³/mol. The number of carbonyl (C=O) groups excluding carboxylic acids is 4. The summed E-state index contributed by atoms with van der Waals surface area (Å²) in [7, 11) is 0. The third kappa shape index (κ3) is 2.46. The molecule has 2 saturated carbocycles. The minimum absolute atomic E-state index is 0.0237. The Labute approximate surface area is 174 Å². The highest BCUT2D eigenvalue weighted by molar-refractivity contribution is 6.19. The summed E-state index contributed by atoms with van der Waals surface area (Å²) in [5, 5.41) is 22.2. The Morgan fingerprint density at radius 2 is 1.80 bits per heavy atom. The fourth-order valence-electron chi connectivity index (χ4n) is 6.95. The lowest BCUT2D eigenvalue weighted by Gasteiger charge is -2.59. The molecule has 0 aromatic heterocycles. The van der Waals surface area contributed by atoms with Crippen LogP contribution in [0.1, 0.15) is 46.5 Å². The van der Waals surface area contributed by atoms with E-state index in [2.05, 4.69) is 0 Å². The zero-order valence-corrected chi connectivity index (χ0v) is 17.4. The number of aliphatic hydroxyl groups excluding tert-OH is 2. The molecule has 8 unspecified atom stereocenters. The largest absolute Gasteiger partial charge is 0.467 e. The molecule has 0 aliphatic heterocycles. The monoisotopic (exact) mass is 420 g/mol. The molecule has 2 fully saturated rings. The molecule has 4 aliphatic carbocycles. The van der Waals surface area contributed by atoms with Crippen LogP contribution < -0.4 is 0 Å². The van der Waals surface area contributed by atoms with Crippen LogP contribution in [0.15, 0.2) is 11.1 Å². The minimum atomic E-state index is -1.44. The molecule has 164 valence electrons. The van der Waals surface area contributed by atoms with E-state index in [4.69, 9.17) is 9.47 Å². The van der Waals surface area contributed by atoms with Gasteiger partial charge in [0.25, 0.3) is 12.9 Å². The number of hydrogen-bond donors (Lipinski definition) is 2. The van der Waals surface area contributed by atoms with Gasteiger partial charge in [0.05, 0.1) is 18.1 Å². The summed E-state index contributed by atoms with van der Waals surface area (Å²) in [6, 6.07) is 0. The van der Waals surface area contributed by atoms with E-state index >= 15 is 0 Å². The van der Waals surface area contributed by atoms with Gasteiger partial charge in [0.15, 0.2) is 17.7 Å². The number of fused-ring (bicyclic) bond motifs is 2. The second-order valence-corrected chi connectivity index (χ2v) is 9.98. The van der Waals surface area contributed by atoms with Crippen LogP contribution in [0.25, 0.3) is 0 Å². The summed E-state index contributed by atoms with van der Waals surface area (Å²) in [6.07, 6.45) is -1.77. The molecule has 0 heterocycles. The topological polar surface area (TPSA) is 127 Å². The maximum absolute atomic E-state index is 13.5. The van der Waals surface area contributed by atoms with Gasteiger partial charge in [0.2, 0.25) is 0 Å². The van der Waals surface area contributed by atoms with E-state index in [9.17, 15) is 29.4 Å². The maximum Gasteiger partial charge on any atom is 0.293 e. The average Bonchev–Trinajstić information content (AvgIpc) is 3.37. The van der Waals surface area contributed by atoms with Gasteiger partial charge in [-0.1, -0.05) is 27.2 Å². The van der Waals surface area contributed by atoms with Crippen molar-refractivity contribution in [2.24, 2.45) is 28.1 Å². The average molecular weight is 420 g/mol. The quantitative estimate of drug-likeness (QED) is 0.623. The molecule has 1 spiro atoms. The summed E-state index contributed by atoms with van der Waals surface area (Å²) in [5.41, 5.74) is -2.61. The number of ketones is 2. The van der Waals surface area contributed by atoms with Crippen molar-refractivity contribution in [3.63, 3.8) is 0 Å². The molecular weight excluding hydrogens is 392 g/mol. The molecule has 30 heavy (non-hydrogen) atoms. The molecule has 0 saturated heterocycles. The smallest absolute Gasteiger partial charge is 0.293 e. The highest BCUT2D eigenvalue weighted by Gasteiger charge is 2.72. The van der Waals surface area contributed by atoms with Crippen molar-refractivity contribution in [1.82, 2.24) is 0 Å². The molecule has 8 atom stereocenters. The van der Waals surface area contributed by atoms with Crippen molar-refractivity contribution in [3.05, 3.63) is 11.1 Å². The highest BCUT2D eigenvalue weighted by Crippen LogP contribution is 2.66. The van der Waals surface area contributed by atoms with Crippen LogP contribution in [-0.2, 0) is 28.7 Å². The van der Waals surface area contributed by atoms with E-state index in [-0.39, 0.29) is 30.1 Å². The second-order valence-electron chi connectivity index (χ2n) is 9.98. The van der Waals surface area contributed by atoms with Gasteiger partial charge in [0, 0.05) is 27.9 Å². The van der Waals surface area contributed by atoms with Gasteiger partial charge in [-0.15, -0.1) is 0 Å². The van der Waals surface area contributed by atoms with Crippen molar-refractivity contribution in [2.75, 3.05) is 6.61 Å². The molecule has 0 bridgehead atoms. The molecule has 8 nitrogen and oxygen atoms in total.